The van der Waals surface area contributed by atoms with Gasteiger partial charge >= 0.3 is 0 Å². The van der Waals surface area contributed by atoms with E-state index in [2.05, 4.69) is 10.1 Å². The van der Waals surface area contributed by atoms with Crippen molar-refractivity contribution in [1.82, 2.24) is 14.8 Å². The van der Waals surface area contributed by atoms with Crippen molar-refractivity contribution in [3.63, 3.8) is 0 Å². The predicted molar refractivity (Wildman–Crippen MR) is 119 cm³/mol. The highest BCUT2D eigenvalue weighted by Crippen LogP contribution is 2.33. The third-order valence-electron chi connectivity index (χ3n) is 6.50. The fraction of sp³-hybridized carbons (Fsp3) is 0.480. The molecule has 1 aromatic carbocycles. The second-order valence-electron chi connectivity index (χ2n) is 8.75. The normalized spacial score (nSPS) is 19.1. The summed E-state index contributed by atoms with van der Waals surface area (Å²) < 4.78 is 21.5. The standard InChI is InChI=1S/C25H30FN3O2/c1-29-16-21(14-28-29)19-10-20-11-22(27-15-23(20)24(26)12-19)13-25(30)18-7-5-17(6-8-18)4-3-9-31-2/h10-12,14-18H,3-9,13H2,1-2H3. The molecule has 4 rings (SSSR count). The van der Waals surface area contributed by atoms with E-state index in [-0.39, 0.29) is 17.5 Å². The fourth-order valence-corrected chi connectivity index (χ4v) is 4.70. The van der Waals surface area contributed by atoms with Gasteiger partial charge in [-0.3, -0.25) is 14.5 Å². The number of methoxy groups -OCH3 is 1. The highest BCUT2D eigenvalue weighted by atomic mass is 19.1. The second kappa shape index (κ2) is 9.69. The smallest absolute Gasteiger partial charge is 0.141 e. The third-order valence-corrected chi connectivity index (χ3v) is 6.50. The van der Waals surface area contributed by atoms with E-state index in [4.69, 9.17) is 4.74 Å². The van der Waals surface area contributed by atoms with Crippen LogP contribution in [0.15, 0.2) is 36.8 Å². The molecule has 0 saturated heterocycles. The lowest BCUT2D eigenvalue weighted by atomic mass is 9.77. The SMILES string of the molecule is COCCCC1CCC(C(=O)Cc2cc3cc(-c4cnn(C)c4)cc(F)c3cn2)CC1. The van der Waals surface area contributed by atoms with Crippen molar-refractivity contribution in [2.24, 2.45) is 18.9 Å². The summed E-state index contributed by atoms with van der Waals surface area (Å²) in [5, 5.41) is 5.40. The zero-order valence-electron chi connectivity index (χ0n) is 18.3. The van der Waals surface area contributed by atoms with Gasteiger partial charge in [0.15, 0.2) is 0 Å². The number of nitrogens with zero attached hydrogens (tertiary/aromatic N) is 3. The number of rotatable bonds is 8. The number of ketones is 1. The summed E-state index contributed by atoms with van der Waals surface area (Å²) in [5.74, 6) is 0.779. The van der Waals surface area contributed by atoms with Gasteiger partial charge in [-0.1, -0.05) is 0 Å². The molecule has 6 heteroatoms. The van der Waals surface area contributed by atoms with E-state index in [9.17, 15) is 9.18 Å². The Balaban J connectivity index is 1.43. The van der Waals surface area contributed by atoms with Gasteiger partial charge in [0.1, 0.15) is 11.6 Å². The summed E-state index contributed by atoms with van der Waals surface area (Å²) >= 11 is 0. The summed E-state index contributed by atoms with van der Waals surface area (Å²) in [6, 6.07) is 5.31. The maximum absolute atomic E-state index is 14.6. The van der Waals surface area contributed by atoms with Gasteiger partial charge in [0.2, 0.25) is 0 Å². The molecule has 0 atom stereocenters. The van der Waals surface area contributed by atoms with Gasteiger partial charge in [0.25, 0.3) is 0 Å². The number of Topliss-reactive ketones (excluding diaryl/α,β-unsaturated/α-hetero) is 1. The molecule has 164 valence electrons. The van der Waals surface area contributed by atoms with Gasteiger partial charge in [-0.15, -0.1) is 0 Å². The van der Waals surface area contributed by atoms with Crippen molar-refractivity contribution in [1.29, 1.82) is 0 Å². The second-order valence-corrected chi connectivity index (χ2v) is 8.75. The average molecular weight is 424 g/mol. The molecule has 5 nitrogen and oxygen atoms in total. The molecule has 1 fully saturated rings. The average Bonchev–Trinajstić information content (AvgIpc) is 3.20. The summed E-state index contributed by atoms with van der Waals surface area (Å²) in [5.41, 5.74) is 2.34. The largest absolute Gasteiger partial charge is 0.385 e. The molecule has 0 aliphatic heterocycles. The lowest BCUT2D eigenvalue weighted by molar-refractivity contribution is -0.123. The Kier molecular flexibility index (Phi) is 6.76. The molecule has 1 aliphatic rings. The minimum atomic E-state index is -0.312. The van der Waals surface area contributed by atoms with Crippen molar-refractivity contribution >= 4 is 16.6 Å². The van der Waals surface area contributed by atoms with Crippen molar-refractivity contribution in [2.75, 3.05) is 13.7 Å². The lowest BCUT2D eigenvalue weighted by Gasteiger charge is -2.27. The summed E-state index contributed by atoms with van der Waals surface area (Å²) in [7, 11) is 3.58. The molecule has 0 bridgehead atoms. The van der Waals surface area contributed by atoms with Crippen LogP contribution >= 0.6 is 0 Å². The topological polar surface area (TPSA) is 57.0 Å². The number of aromatic nitrogens is 3. The van der Waals surface area contributed by atoms with Crippen molar-refractivity contribution < 1.29 is 13.9 Å². The molecule has 0 unspecified atom stereocenters. The zero-order chi connectivity index (χ0) is 21.8. The highest BCUT2D eigenvalue weighted by Gasteiger charge is 2.26. The molecular formula is C25H30FN3O2. The Labute approximate surface area is 182 Å². The molecule has 3 aromatic rings. The van der Waals surface area contributed by atoms with Gasteiger partial charge in [-0.2, -0.15) is 5.10 Å². The van der Waals surface area contributed by atoms with Crippen molar-refractivity contribution in [3.8, 4) is 11.1 Å². The quantitative estimate of drug-likeness (QED) is 0.472. The predicted octanol–water partition coefficient (Wildman–Crippen LogP) is 5.12. The number of benzene rings is 1. The first-order valence-corrected chi connectivity index (χ1v) is 11.1. The van der Waals surface area contributed by atoms with Gasteiger partial charge in [-0.05, 0) is 73.6 Å². The molecule has 2 heterocycles. The van der Waals surface area contributed by atoms with E-state index >= 15 is 0 Å². The summed E-state index contributed by atoms with van der Waals surface area (Å²) in [6.07, 6.45) is 11.9. The van der Waals surface area contributed by atoms with Crippen LogP contribution in [0.25, 0.3) is 21.9 Å². The Morgan fingerprint density at radius 2 is 1.97 bits per heavy atom. The lowest BCUT2D eigenvalue weighted by Crippen LogP contribution is -2.23. The Hall–Kier alpha value is -2.60. The molecule has 0 N–H and O–H groups in total. The Morgan fingerprint density at radius 3 is 2.68 bits per heavy atom. The number of aryl methyl sites for hydroxylation is 1. The van der Waals surface area contributed by atoms with E-state index in [1.807, 2.05) is 25.4 Å². The maximum Gasteiger partial charge on any atom is 0.141 e. The van der Waals surface area contributed by atoms with Crippen LogP contribution in [0.2, 0.25) is 0 Å². The van der Waals surface area contributed by atoms with Crippen molar-refractivity contribution in [3.05, 3.63) is 48.3 Å². The van der Waals surface area contributed by atoms with Crippen LogP contribution < -0.4 is 0 Å². The van der Waals surface area contributed by atoms with Gasteiger partial charge in [0.05, 0.1) is 6.20 Å². The Bertz CT molecular complexity index is 1050. The fourth-order valence-electron chi connectivity index (χ4n) is 4.70. The molecule has 0 radical (unpaired) electrons. The number of hydrogen-bond donors (Lipinski definition) is 0. The van der Waals surface area contributed by atoms with E-state index in [1.54, 1.807) is 24.2 Å². The van der Waals surface area contributed by atoms with Crippen LogP contribution in [-0.2, 0) is 23.0 Å². The first kappa shape index (κ1) is 21.6. The number of pyridine rings is 1. The third kappa shape index (κ3) is 5.18. The number of carbonyl (C=O) groups excluding carboxylic acids is 1. The molecule has 0 amide bonds. The number of carbonyl (C=O) groups is 1. The van der Waals surface area contributed by atoms with Gasteiger partial charge in [-0.25, -0.2) is 4.39 Å². The van der Waals surface area contributed by atoms with Crippen LogP contribution in [0, 0.1) is 17.7 Å². The van der Waals surface area contributed by atoms with Crippen LogP contribution in [-0.4, -0.2) is 34.3 Å². The Morgan fingerprint density at radius 1 is 1.16 bits per heavy atom. The number of fused-ring (bicyclic) bond motifs is 1. The molecule has 0 spiro atoms. The first-order chi connectivity index (χ1) is 15.0. The summed E-state index contributed by atoms with van der Waals surface area (Å²) in [4.78, 5) is 17.3. The maximum atomic E-state index is 14.6. The summed E-state index contributed by atoms with van der Waals surface area (Å²) in [6.45, 7) is 0.815. The van der Waals surface area contributed by atoms with Crippen LogP contribution in [0.3, 0.4) is 0 Å². The van der Waals surface area contributed by atoms with Crippen LogP contribution in [0.4, 0.5) is 4.39 Å². The zero-order valence-corrected chi connectivity index (χ0v) is 18.3. The van der Waals surface area contributed by atoms with Gasteiger partial charge < -0.3 is 4.74 Å². The molecular weight excluding hydrogens is 393 g/mol. The molecule has 31 heavy (non-hydrogen) atoms. The van der Waals surface area contributed by atoms with Gasteiger partial charge in [0, 0.05) is 62.1 Å². The van der Waals surface area contributed by atoms with E-state index in [0.717, 1.165) is 55.2 Å². The highest BCUT2D eigenvalue weighted by molar-refractivity contribution is 5.89. The monoisotopic (exact) mass is 423 g/mol. The van der Waals surface area contributed by atoms with E-state index < -0.39 is 0 Å². The van der Waals surface area contributed by atoms with Crippen molar-refractivity contribution in [2.45, 2.75) is 44.9 Å². The number of hydrogen-bond acceptors (Lipinski definition) is 4. The minimum Gasteiger partial charge on any atom is -0.385 e. The molecule has 2 aromatic heterocycles. The number of halogens is 1. The minimum absolute atomic E-state index is 0.120. The molecule has 1 aliphatic carbocycles. The van der Waals surface area contributed by atoms with E-state index in [0.29, 0.717) is 23.4 Å². The van der Waals surface area contributed by atoms with Crippen LogP contribution in [0.5, 0.6) is 0 Å². The van der Waals surface area contributed by atoms with E-state index in [1.165, 1.54) is 12.5 Å². The molecule has 1 saturated carbocycles. The first-order valence-electron chi connectivity index (χ1n) is 11.1. The number of ether oxygens (including phenoxy) is 1. The van der Waals surface area contributed by atoms with Crippen LogP contribution in [0.1, 0.15) is 44.2 Å².